The van der Waals surface area contributed by atoms with Crippen LogP contribution in [0.4, 0.5) is 0 Å². The molecular formula is C18H21N3O3S. The summed E-state index contributed by atoms with van der Waals surface area (Å²) in [7, 11) is 0. The lowest BCUT2D eigenvalue weighted by Crippen LogP contribution is -2.43. The number of thiophene rings is 1. The van der Waals surface area contributed by atoms with Crippen LogP contribution in [0.15, 0.2) is 45.4 Å². The predicted octanol–water partition coefficient (Wildman–Crippen LogP) is 2.48. The maximum atomic E-state index is 12.9. The van der Waals surface area contributed by atoms with Crippen molar-refractivity contribution in [2.45, 2.75) is 31.4 Å². The van der Waals surface area contributed by atoms with Gasteiger partial charge >= 0.3 is 0 Å². The summed E-state index contributed by atoms with van der Waals surface area (Å²) in [6.07, 6.45) is 3.50. The Labute approximate surface area is 150 Å². The van der Waals surface area contributed by atoms with E-state index in [1.165, 1.54) is 0 Å². The van der Waals surface area contributed by atoms with Crippen molar-refractivity contribution in [3.05, 3.63) is 46.5 Å². The van der Waals surface area contributed by atoms with Gasteiger partial charge in [-0.1, -0.05) is 6.07 Å². The summed E-state index contributed by atoms with van der Waals surface area (Å²) in [4.78, 5) is 16.1. The smallest absolute Gasteiger partial charge is 0.257 e. The number of furan rings is 1. The number of aliphatic hydroxyl groups excluding tert-OH is 1. The largest absolute Gasteiger partial charge is 0.467 e. The van der Waals surface area contributed by atoms with E-state index in [2.05, 4.69) is 10.0 Å². The first-order valence-electron chi connectivity index (χ1n) is 8.58. The Balaban J connectivity index is 1.52. The molecule has 1 fully saturated rings. The average molecular weight is 359 g/mol. The van der Waals surface area contributed by atoms with Crippen LogP contribution in [0.3, 0.4) is 0 Å². The molecule has 2 aromatic rings. The van der Waals surface area contributed by atoms with Gasteiger partial charge in [-0.2, -0.15) is 5.10 Å². The van der Waals surface area contributed by atoms with Gasteiger partial charge in [-0.3, -0.25) is 9.69 Å². The molecule has 6 nitrogen and oxygen atoms in total. The van der Waals surface area contributed by atoms with Crippen LogP contribution in [0.1, 0.15) is 35.9 Å². The van der Waals surface area contributed by atoms with Crippen molar-refractivity contribution in [1.82, 2.24) is 9.91 Å². The number of nitrogens with zero attached hydrogens (tertiary/aromatic N) is 3. The van der Waals surface area contributed by atoms with E-state index in [0.717, 1.165) is 42.3 Å². The molecule has 0 unspecified atom stereocenters. The van der Waals surface area contributed by atoms with Gasteiger partial charge in [0.2, 0.25) is 0 Å². The number of amides is 1. The molecule has 4 rings (SSSR count). The number of carbonyl (C=O) groups excluding carboxylic acids is 1. The first-order chi connectivity index (χ1) is 12.2. The van der Waals surface area contributed by atoms with E-state index in [1.807, 2.05) is 29.6 Å². The third-order valence-corrected chi connectivity index (χ3v) is 5.68. The molecule has 1 amide bonds. The van der Waals surface area contributed by atoms with Crippen LogP contribution >= 0.6 is 11.3 Å². The van der Waals surface area contributed by atoms with Crippen LogP contribution in [0.2, 0.25) is 0 Å². The Hall–Kier alpha value is -1.96. The Morgan fingerprint density at radius 1 is 1.32 bits per heavy atom. The predicted molar refractivity (Wildman–Crippen MR) is 95.4 cm³/mol. The molecule has 0 bridgehead atoms. The van der Waals surface area contributed by atoms with E-state index in [0.29, 0.717) is 13.0 Å². The molecular weight excluding hydrogens is 338 g/mol. The Kier molecular flexibility index (Phi) is 4.70. The number of hydrazone groups is 1. The van der Waals surface area contributed by atoms with Crippen LogP contribution in [0, 0.1) is 0 Å². The van der Waals surface area contributed by atoms with Crippen molar-refractivity contribution in [2.24, 2.45) is 5.10 Å². The summed E-state index contributed by atoms with van der Waals surface area (Å²) < 4.78 is 5.56. The molecule has 2 aliphatic rings. The van der Waals surface area contributed by atoms with Crippen LogP contribution in [0.5, 0.6) is 0 Å². The van der Waals surface area contributed by atoms with Crippen molar-refractivity contribution < 1.29 is 14.3 Å². The van der Waals surface area contributed by atoms with Gasteiger partial charge in [0, 0.05) is 19.5 Å². The molecule has 0 spiro atoms. The minimum atomic E-state index is -0.238. The summed E-state index contributed by atoms with van der Waals surface area (Å²) in [5.74, 6) is 0.738. The summed E-state index contributed by atoms with van der Waals surface area (Å²) in [6.45, 7) is 1.81. The van der Waals surface area contributed by atoms with E-state index in [4.69, 9.17) is 4.42 Å². The highest BCUT2D eigenvalue weighted by molar-refractivity contribution is 7.12. The molecule has 25 heavy (non-hydrogen) atoms. The average Bonchev–Trinajstić information content (AvgIpc) is 3.36. The van der Waals surface area contributed by atoms with Crippen molar-refractivity contribution in [2.75, 3.05) is 19.6 Å². The molecule has 0 aliphatic carbocycles. The highest BCUT2D eigenvalue weighted by atomic mass is 32.1. The second-order valence-corrected chi connectivity index (χ2v) is 7.45. The van der Waals surface area contributed by atoms with Crippen molar-refractivity contribution >= 4 is 23.0 Å². The number of piperidine rings is 1. The fraction of sp³-hybridized carbons (Fsp3) is 0.444. The molecule has 2 aliphatic heterocycles. The lowest BCUT2D eigenvalue weighted by Gasteiger charge is -2.30. The molecule has 0 saturated carbocycles. The van der Waals surface area contributed by atoms with Gasteiger partial charge in [0.1, 0.15) is 11.8 Å². The second-order valence-electron chi connectivity index (χ2n) is 6.50. The van der Waals surface area contributed by atoms with Gasteiger partial charge in [0.25, 0.3) is 5.91 Å². The van der Waals surface area contributed by atoms with Gasteiger partial charge in [0.15, 0.2) is 0 Å². The quantitative estimate of drug-likeness (QED) is 0.910. The Morgan fingerprint density at radius 3 is 2.84 bits per heavy atom. The number of aliphatic hydroxyl groups is 1. The third kappa shape index (κ3) is 3.53. The lowest BCUT2D eigenvalue weighted by atomic mass is 10.1. The van der Waals surface area contributed by atoms with E-state index in [1.54, 1.807) is 22.6 Å². The monoisotopic (exact) mass is 359 g/mol. The molecule has 1 atom stereocenters. The number of likely N-dealkylation sites (tertiary alicyclic amines) is 1. The highest BCUT2D eigenvalue weighted by Crippen LogP contribution is 2.34. The molecule has 1 saturated heterocycles. The lowest BCUT2D eigenvalue weighted by molar-refractivity contribution is -0.135. The van der Waals surface area contributed by atoms with Gasteiger partial charge < -0.3 is 9.52 Å². The number of carbonyl (C=O) groups is 1. The maximum Gasteiger partial charge on any atom is 0.257 e. The van der Waals surface area contributed by atoms with Crippen molar-refractivity contribution in [3.8, 4) is 0 Å². The van der Waals surface area contributed by atoms with E-state index in [9.17, 15) is 9.90 Å². The summed E-state index contributed by atoms with van der Waals surface area (Å²) in [5, 5.41) is 17.8. The van der Waals surface area contributed by atoms with E-state index < -0.39 is 0 Å². The van der Waals surface area contributed by atoms with Crippen LogP contribution in [-0.4, -0.2) is 52.4 Å². The maximum absolute atomic E-state index is 12.9. The first-order valence-corrected chi connectivity index (χ1v) is 9.46. The number of hydrogen-bond donors (Lipinski definition) is 1. The van der Waals surface area contributed by atoms with E-state index in [-0.39, 0.29) is 18.1 Å². The normalized spacial score (nSPS) is 22.4. The molecule has 1 N–H and O–H groups in total. The fourth-order valence-corrected chi connectivity index (χ4v) is 4.10. The van der Waals surface area contributed by atoms with Gasteiger partial charge in [-0.15, -0.1) is 11.3 Å². The fourth-order valence-electron chi connectivity index (χ4n) is 3.38. The van der Waals surface area contributed by atoms with Crippen molar-refractivity contribution in [1.29, 1.82) is 0 Å². The Morgan fingerprint density at radius 2 is 2.16 bits per heavy atom. The van der Waals surface area contributed by atoms with Gasteiger partial charge in [-0.05, 0) is 36.4 Å². The molecule has 0 radical (unpaired) electrons. The summed E-state index contributed by atoms with van der Waals surface area (Å²) in [5.41, 5.74) is 0.929. The summed E-state index contributed by atoms with van der Waals surface area (Å²) >= 11 is 1.63. The topological polar surface area (TPSA) is 69.3 Å². The number of rotatable bonds is 4. The standard InChI is InChI=1S/C18H21N3O3S/c22-13-5-7-20(8-6-13)12-18(23)21-15(16-3-1-9-24-16)11-14(19-21)17-4-2-10-25-17/h1-4,9-10,13,15,22H,5-8,11-12H2/t15-/m0/s1. The molecule has 2 aromatic heterocycles. The Bertz CT molecular complexity index is 734. The highest BCUT2D eigenvalue weighted by Gasteiger charge is 2.35. The van der Waals surface area contributed by atoms with E-state index >= 15 is 0 Å². The van der Waals surface area contributed by atoms with Gasteiger partial charge in [-0.25, -0.2) is 5.01 Å². The van der Waals surface area contributed by atoms with Crippen LogP contribution in [-0.2, 0) is 4.79 Å². The number of hydrogen-bond acceptors (Lipinski definition) is 6. The minimum Gasteiger partial charge on any atom is -0.467 e. The zero-order valence-corrected chi connectivity index (χ0v) is 14.7. The van der Waals surface area contributed by atoms with Crippen LogP contribution < -0.4 is 0 Å². The molecule has 4 heterocycles. The van der Waals surface area contributed by atoms with Gasteiger partial charge in [0.05, 0.1) is 29.5 Å². The molecule has 132 valence electrons. The second kappa shape index (κ2) is 7.11. The minimum absolute atomic E-state index is 0.0238. The first kappa shape index (κ1) is 16.5. The zero-order valence-electron chi connectivity index (χ0n) is 13.9. The third-order valence-electron chi connectivity index (χ3n) is 4.76. The van der Waals surface area contributed by atoms with Crippen molar-refractivity contribution in [3.63, 3.8) is 0 Å². The van der Waals surface area contributed by atoms with Crippen LogP contribution in [0.25, 0.3) is 0 Å². The molecule has 7 heteroatoms. The molecule has 0 aromatic carbocycles. The zero-order chi connectivity index (χ0) is 17.2. The summed E-state index contributed by atoms with van der Waals surface area (Å²) in [6, 6.07) is 7.58. The SMILES string of the molecule is O=C(CN1CCC(O)CC1)N1N=C(c2cccs2)C[C@H]1c1ccco1.